The zero-order valence-corrected chi connectivity index (χ0v) is 16.2. The van der Waals surface area contributed by atoms with Gasteiger partial charge in [-0.25, -0.2) is 8.42 Å². The van der Waals surface area contributed by atoms with Gasteiger partial charge in [-0.3, -0.25) is 9.59 Å². The van der Waals surface area contributed by atoms with E-state index in [0.29, 0.717) is 12.8 Å². The number of ether oxygens (including phenoxy) is 1. The highest BCUT2D eigenvalue weighted by atomic mass is 32.2. The molecule has 1 aliphatic rings. The van der Waals surface area contributed by atoms with E-state index in [1.54, 1.807) is 30.3 Å². The van der Waals surface area contributed by atoms with Crippen molar-refractivity contribution in [1.82, 2.24) is 9.62 Å². The maximum atomic E-state index is 12.6. The van der Waals surface area contributed by atoms with Gasteiger partial charge in [-0.1, -0.05) is 18.2 Å². The van der Waals surface area contributed by atoms with E-state index in [1.807, 2.05) is 20.8 Å². The highest BCUT2D eigenvalue weighted by molar-refractivity contribution is 7.89. The van der Waals surface area contributed by atoms with Gasteiger partial charge in [0.25, 0.3) is 5.91 Å². The van der Waals surface area contributed by atoms with Crippen LogP contribution in [0.25, 0.3) is 0 Å². The Kier molecular flexibility index (Phi) is 6.41. The van der Waals surface area contributed by atoms with E-state index in [1.165, 1.54) is 4.31 Å². The van der Waals surface area contributed by atoms with Gasteiger partial charge in [0.1, 0.15) is 0 Å². The second-order valence-electron chi connectivity index (χ2n) is 7.40. The number of benzene rings is 1. The lowest BCUT2D eigenvalue weighted by molar-refractivity contribution is -0.154. The van der Waals surface area contributed by atoms with Gasteiger partial charge >= 0.3 is 5.97 Å². The minimum Gasteiger partial charge on any atom is -0.455 e. The molecule has 0 spiro atoms. The highest BCUT2D eigenvalue weighted by Crippen LogP contribution is 2.24. The molecule has 26 heavy (non-hydrogen) atoms. The lowest BCUT2D eigenvalue weighted by Crippen LogP contribution is -2.44. The molecule has 1 heterocycles. The fraction of sp³-hybridized carbons (Fsp3) is 0.556. The number of nitrogens with one attached hydrogen (secondary N) is 1. The van der Waals surface area contributed by atoms with Crippen molar-refractivity contribution in [2.45, 2.75) is 44.0 Å². The third-order valence-corrected chi connectivity index (χ3v) is 5.94. The summed E-state index contributed by atoms with van der Waals surface area (Å²) in [5.41, 5.74) is -0.388. The van der Waals surface area contributed by atoms with Crippen LogP contribution in [0.4, 0.5) is 0 Å². The van der Waals surface area contributed by atoms with E-state index >= 15 is 0 Å². The Bertz CT molecular complexity index is 733. The van der Waals surface area contributed by atoms with Crippen molar-refractivity contribution in [3.8, 4) is 0 Å². The minimum absolute atomic E-state index is 0.250. The summed E-state index contributed by atoms with van der Waals surface area (Å²) in [5.74, 6) is -1.19. The van der Waals surface area contributed by atoms with E-state index in [9.17, 15) is 18.0 Å². The number of piperidine rings is 1. The topological polar surface area (TPSA) is 92.8 Å². The number of amides is 1. The number of rotatable bonds is 5. The molecule has 1 aromatic carbocycles. The number of hydrogen-bond acceptors (Lipinski definition) is 5. The molecule has 1 fully saturated rings. The van der Waals surface area contributed by atoms with Gasteiger partial charge in [-0.2, -0.15) is 4.31 Å². The molecule has 0 radical (unpaired) electrons. The second kappa shape index (κ2) is 8.18. The second-order valence-corrected chi connectivity index (χ2v) is 9.34. The summed E-state index contributed by atoms with van der Waals surface area (Å²) in [6.07, 6.45) is 0.761. The van der Waals surface area contributed by atoms with Crippen molar-refractivity contribution in [3.63, 3.8) is 0 Å². The Balaban J connectivity index is 1.84. The Morgan fingerprint density at radius 2 is 1.73 bits per heavy atom. The average Bonchev–Trinajstić information content (AvgIpc) is 2.59. The van der Waals surface area contributed by atoms with Gasteiger partial charge in [0, 0.05) is 18.6 Å². The van der Waals surface area contributed by atoms with E-state index < -0.39 is 16.0 Å². The molecular weight excluding hydrogens is 356 g/mol. The molecule has 1 N–H and O–H groups in total. The predicted octanol–water partition coefficient (Wildman–Crippen LogP) is 1.55. The quantitative estimate of drug-likeness (QED) is 0.780. The van der Waals surface area contributed by atoms with Gasteiger partial charge in [0.15, 0.2) is 6.61 Å². The molecule has 2 rings (SSSR count). The molecule has 0 aromatic heterocycles. The molecule has 1 aromatic rings. The molecule has 144 valence electrons. The fourth-order valence-corrected chi connectivity index (χ4v) is 4.27. The summed E-state index contributed by atoms with van der Waals surface area (Å²) in [4.78, 5) is 24.1. The van der Waals surface area contributed by atoms with E-state index in [-0.39, 0.29) is 42.0 Å². The van der Waals surface area contributed by atoms with Crippen LogP contribution in [0, 0.1) is 5.92 Å². The van der Waals surface area contributed by atoms with Crippen LogP contribution >= 0.6 is 0 Å². The normalized spacial score (nSPS) is 16.9. The van der Waals surface area contributed by atoms with Gasteiger partial charge in [-0.15, -0.1) is 0 Å². The molecule has 0 aliphatic carbocycles. The number of carbonyl (C=O) groups excluding carboxylic acids is 2. The van der Waals surface area contributed by atoms with Crippen molar-refractivity contribution in [2.24, 2.45) is 5.92 Å². The van der Waals surface area contributed by atoms with Crippen LogP contribution in [0.3, 0.4) is 0 Å². The first-order valence-corrected chi connectivity index (χ1v) is 10.1. The maximum Gasteiger partial charge on any atom is 0.309 e. The Hall–Kier alpha value is -1.93. The summed E-state index contributed by atoms with van der Waals surface area (Å²) in [5, 5.41) is 2.72. The largest absolute Gasteiger partial charge is 0.455 e. The molecule has 1 amide bonds. The highest BCUT2D eigenvalue weighted by Gasteiger charge is 2.33. The minimum atomic E-state index is -3.54. The van der Waals surface area contributed by atoms with Crippen LogP contribution in [-0.2, 0) is 24.3 Å². The summed E-state index contributed by atoms with van der Waals surface area (Å²) >= 11 is 0. The fourth-order valence-electron chi connectivity index (χ4n) is 2.78. The van der Waals surface area contributed by atoms with Crippen LogP contribution in [0.5, 0.6) is 0 Å². The first kappa shape index (κ1) is 20.4. The zero-order valence-electron chi connectivity index (χ0n) is 15.4. The number of esters is 1. The first-order valence-electron chi connectivity index (χ1n) is 8.62. The van der Waals surface area contributed by atoms with E-state index in [4.69, 9.17) is 4.74 Å². The number of sulfonamides is 1. The molecule has 0 atom stereocenters. The third-order valence-electron chi connectivity index (χ3n) is 4.03. The average molecular weight is 382 g/mol. The molecule has 0 saturated carbocycles. The van der Waals surface area contributed by atoms with Crippen molar-refractivity contribution in [3.05, 3.63) is 30.3 Å². The molecule has 1 aliphatic heterocycles. The van der Waals surface area contributed by atoms with Crippen molar-refractivity contribution >= 4 is 21.9 Å². The number of carbonyl (C=O) groups is 2. The summed E-state index contributed by atoms with van der Waals surface area (Å²) in [7, 11) is -3.54. The molecule has 0 unspecified atom stereocenters. The van der Waals surface area contributed by atoms with Crippen molar-refractivity contribution in [1.29, 1.82) is 0 Å². The number of nitrogens with zero attached hydrogens (tertiary/aromatic N) is 1. The van der Waals surface area contributed by atoms with Crippen LogP contribution < -0.4 is 5.32 Å². The summed E-state index contributed by atoms with van der Waals surface area (Å²) in [6.45, 7) is 5.72. The Labute approximate surface area is 154 Å². The third kappa shape index (κ3) is 5.54. The standard InChI is InChI=1S/C18H26N2O5S/c1-18(2,3)19-16(21)13-25-17(22)14-9-11-20(12-10-14)26(23,24)15-7-5-4-6-8-15/h4-8,14H,9-13H2,1-3H3,(H,19,21). The molecular formula is C18H26N2O5S. The van der Waals surface area contributed by atoms with Crippen molar-refractivity contribution in [2.75, 3.05) is 19.7 Å². The summed E-state index contributed by atoms with van der Waals surface area (Å²) in [6, 6.07) is 8.24. The molecule has 0 bridgehead atoms. The SMILES string of the molecule is CC(C)(C)NC(=O)COC(=O)C1CCN(S(=O)(=O)c2ccccc2)CC1. The van der Waals surface area contributed by atoms with Crippen molar-refractivity contribution < 1.29 is 22.7 Å². The van der Waals surface area contributed by atoms with Gasteiger partial charge in [-0.05, 0) is 45.7 Å². The van der Waals surface area contributed by atoms with Gasteiger partial charge in [0.05, 0.1) is 10.8 Å². The van der Waals surface area contributed by atoms with Crippen LogP contribution in [0.2, 0.25) is 0 Å². The summed E-state index contributed by atoms with van der Waals surface area (Å²) < 4.78 is 31.6. The smallest absolute Gasteiger partial charge is 0.309 e. The number of hydrogen-bond donors (Lipinski definition) is 1. The first-order chi connectivity index (χ1) is 12.1. The lowest BCUT2D eigenvalue weighted by Gasteiger charge is -2.30. The van der Waals surface area contributed by atoms with Crippen LogP contribution in [0.15, 0.2) is 35.2 Å². The molecule has 7 nitrogen and oxygen atoms in total. The van der Waals surface area contributed by atoms with E-state index in [0.717, 1.165) is 0 Å². The zero-order chi connectivity index (χ0) is 19.4. The lowest BCUT2D eigenvalue weighted by atomic mass is 9.98. The monoisotopic (exact) mass is 382 g/mol. The van der Waals surface area contributed by atoms with Gasteiger partial charge < -0.3 is 10.1 Å². The molecule has 1 saturated heterocycles. The van der Waals surface area contributed by atoms with Gasteiger partial charge in [0.2, 0.25) is 10.0 Å². The molecule has 8 heteroatoms. The predicted molar refractivity (Wildman–Crippen MR) is 96.8 cm³/mol. The maximum absolute atomic E-state index is 12.6. The Morgan fingerprint density at radius 1 is 1.15 bits per heavy atom. The van der Waals surface area contributed by atoms with Crippen LogP contribution in [-0.4, -0.2) is 49.8 Å². The van der Waals surface area contributed by atoms with E-state index in [2.05, 4.69) is 5.32 Å². The Morgan fingerprint density at radius 3 is 2.27 bits per heavy atom. The van der Waals surface area contributed by atoms with Crippen LogP contribution in [0.1, 0.15) is 33.6 Å².